The lowest BCUT2D eigenvalue weighted by atomic mass is 10.1. The van der Waals surface area contributed by atoms with Crippen molar-refractivity contribution in [3.8, 4) is 0 Å². The molecule has 0 saturated carbocycles. The van der Waals surface area contributed by atoms with Gasteiger partial charge in [0.15, 0.2) is 0 Å². The smallest absolute Gasteiger partial charge is 0.0938 e. The average Bonchev–Trinajstić information content (AvgIpc) is 2.46. The molecule has 0 aliphatic carbocycles. The third-order valence-electron chi connectivity index (χ3n) is 3.35. The molecule has 0 aromatic carbocycles. The highest BCUT2D eigenvalue weighted by Crippen LogP contribution is 2.19. The number of hydrogen-bond donors (Lipinski definition) is 3. The van der Waals surface area contributed by atoms with Gasteiger partial charge in [-0.2, -0.15) is 0 Å². The van der Waals surface area contributed by atoms with Gasteiger partial charge in [0.1, 0.15) is 0 Å². The predicted molar refractivity (Wildman–Crippen MR) is 54.1 cm³/mol. The van der Waals surface area contributed by atoms with Gasteiger partial charge in [-0.3, -0.25) is 4.90 Å². The van der Waals surface area contributed by atoms with Crippen LogP contribution in [0.1, 0.15) is 19.3 Å². The molecule has 0 aromatic heterocycles. The zero-order valence-corrected chi connectivity index (χ0v) is 8.52. The Labute approximate surface area is 84.9 Å². The van der Waals surface area contributed by atoms with Crippen LogP contribution in [-0.2, 0) is 0 Å². The molecule has 82 valence electrons. The molecule has 2 aliphatic rings. The Hall–Kier alpha value is -0.160. The Bertz CT molecular complexity index is 171. The van der Waals surface area contributed by atoms with E-state index in [9.17, 15) is 10.2 Å². The molecule has 4 heteroatoms. The van der Waals surface area contributed by atoms with Crippen LogP contribution in [0, 0.1) is 0 Å². The van der Waals surface area contributed by atoms with Crippen molar-refractivity contribution in [1.29, 1.82) is 0 Å². The number of nitrogens with zero attached hydrogens (tertiary/aromatic N) is 1. The van der Waals surface area contributed by atoms with Gasteiger partial charge in [0.25, 0.3) is 0 Å². The molecular formula is C10H20N2O2. The monoisotopic (exact) mass is 200 g/mol. The molecule has 0 amide bonds. The number of rotatable bonds is 1. The molecule has 0 aromatic rings. The van der Waals surface area contributed by atoms with Crippen LogP contribution in [0.5, 0.6) is 0 Å². The van der Waals surface area contributed by atoms with Crippen LogP contribution < -0.4 is 5.32 Å². The lowest BCUT2D eigenvalue weighted by Gasteiger charge is -2.25. The number of aliphatic hydroxyl groups excluding tert-OH is 2. The van der Waals surface area contributed by atoms with Crippen LogP contribution in [-0.4, -0.2) is 59.5 Å². The Balaban J connectivity index is 1.88. The highest BCUT2D eigenvalue weighted by atomic mass is 16.3. The average molecular weight is 200 g/mol. The highest BCUT2D eigenvalue weighted by molar-refractivity contribution is 4.88. The molecule has 2 aliphatic heterocycles. The number of nitrogens with one attached hydrogen (secondary N) is 1. The molecule has 0 bridgehead atoms. The van der Waals surface area contributed by atoms with Gasteiger partial charge in [0.05, 0.1) is 12.2 Å². The predicted octanol–water partition coefficient (Wildman–Crippen LogP) is -0.834. The summed E-state index contributed by atoms with van der Waals surface area (Å²) < 4.78 is 0. The molecule has 0 radical (unpaired) electrons. The maximum absolute atomic E-state index is 9.46. The van der Waals surface area contributed by atoms with Crippen LogP contribution in [0.25, 0.3) is 0 Å². The van der Waals surface area contributed by atoms with E-state index in [1.54, 1.807) is 0 Å². The molecule has 0 spiro atoms. The summed E-state index contributed by atoms with van der Waals surface area (Å²) in [4.78, 5) is 2.24. The van der Waals surface area contributed by atoms with Gasteiger partial charge in [0, 0.05) is 19.1 Å². The topological polar surface area (TPSA) is 55.7 Å². The summed E-state index contributed by atoms with van der Waals surface area (Å²) in [6.45, 7) is 3.46. The zero-order valence-electron chi connectivity index (χ0n) is 8.52. The van der Waals surface area contributed by atoms with Crippen molar-refractivity contribution in [2.75, 3.05) is 26.2 Å². The fourth-order valence-corrected chi connectivity index (χ4v) is 2.46. The maximum atomic E-state index is 9.46. The second kappa shape index (κ2) is 4.57. The van der Waals surface area contributed by atoms with Crippen molar-refractivity contribution in [3.63, 3.8) is 0 Å². The summed E-state index contributed by atoms with van der Waals surface area (Å²) in [7, 11) is 0. The highest BCUT2D eigenvalue weighted by Gasteiger charge is 2.33. The van der Waals surface area contributed by atoms with Crippen LogP contribution in [0.2, 0.25) is 0 Å². The maximum Gasteiger partial charge on any atom is 0.0938 e. The van der Waals surface area contributed by atoms with E-state index in [1.165, 1.54) is 12.8 Å². The first kappa shape index (κ1) is 10.4. The van der Waals surface area contributed by atoms with Crippen LogP contribution in [0.15, 0.2) is 0 Å². The number of β-amino-alcohol motifs (C(OH)–C–C–N with tert-alkyl or cyclic N) is 2. The minimum atomic E-state index is -0.536. The van der Waals surface area contributed by atoms with Gasteiger partial charge in [0.2, 0.25) is 0 Å². The Morgan fingerprint density at radius 1 is 1.00 bits per heavy atom. The molecule has 2 saturated heterocycles. The molecule has 2 rings (SSSR count). The summed E-state index contributed by atoms with van der Waals surface area (Å²) in [5.74, 6) is 0. The second-order valence-electron chi connectivity index (χ2n) is 4.42. The molecule has 2 heterocycles. The molecule has 3 N–H and O–H groups in total. The standard InChI is InChI=1S/C10H20N2O2/c13-9-6-12(7-10(9)14)8-2-1-4-11-5-3-8/h8-11,13-14H,1-7H2. The van der Waals surface area contributed by atoms with E-state index in [2.05, 4.69) is 10.2 Å². The van der Waals surface area contributed by atoms with Crippen LogP contribution >= 0.6 is 0 Å². The summed E-state index contributed by atoms with van der Waals surface area (Å²) in [6.07, 6.45) is 2.46. The van der Waals surface area contributed by atoms with Gasteiger partial charge >= 0.3 is 0 Å². The van der Waals surface area contributed by atoms with E-state index in [1.807, 2.05) is 0 Å². The normalized spacial score (nSPS) is 41.1. The number of aliphatic hydroxyl groups is 2. The SMILES string of the molecule is OC1CN(C2CCCNCC2)CC1O. The quantitative estimate of drug-likeness (QED) is 0.517. The van der Waals surface area contributed by atoms with E-state index in [4.69, 9.17) is 0 Å². The first-order valence-electron chi connectivity index (χ1n) is 5.58. The Morgan fingerprint density at radius 2 is 1.71 bits per heavy atom. The van der Waals surface area contributed by atoms with E-state index < -0.39 is 12.2 Å². The number of likely N-dealkylation sites (tertiary alicyclic amines) is 1. The molecular weight excluding hydrogens is 180 g/mol. The van der Waals surface area contributed by atoms with Crippen molar-refractivity contribution >= 4 is 0 Å². The van der Waals surface area contributed by atoms with Crippen LogP contribution in [0.4, 0.5) is 0 Å². The molecule has 14 heavy (non-hydrogen) atoms. The van der Waals surface area contributed by atoms with Crippen molar-refractivity contribution < 1.29 is 10.2 Å². The lowest BCUT2D eigenvalue weighted by Crippen LogP contribution is -2.35. The lowest BCUT2D eigenvalue weighted by molar-refractivity contribution is 0.0572. The van der Waals surface area contributed by atoms with Gasteiger partial charge in [-0.05, 0) is 32.4 Å². The largest absolute Gasteiger partial charge is 0.389 e. The minimum Gasteiger partial charge on any atom is -0.389 e. The van der Waals surface area contributed by atoms with Crippen molar-refractivity contribution in [2.24, 2.45) is 0 Å². The molecule has 2 fully saturated rings. The Morgan fingerprint density at radius 3 is 2.43 bits per heavy atom. The van der Waals surface area contributed by atoms with Gasteiger partial charge in [-0.1, -0.05) is 0 Å². The van der Waals surface area contributed by atoms with Gasteiger partial charge in [-0.25, -0.2) is 0 Å². The first-order valence-corrected chi connectivity index (χ1v) is 5.58. The van der Waals surface area contributed by atoms with Crippen molar-refractivity contribution in [3.05, 3.63) is 0 Å². The zero-order chi connectivity index (χ0) is 9.97. The van der Waals surface area contributed by atoms with E-state index in [0.29, 0.717) is 19.1 Å². The first-order chi connectivity index (χ1) is 6.77. The number of hydrogen-bond acceptors (Lipinski definition) is 4. The summed E-state index contributed by atoms with van der Waals surface area (Å²) in [6, 6.07) is 0.553. The van der Waals surface area contributed by atoms with Gasteiger partial charge < -0.3 is 15.5 Å². The molecule has 3 unspecified atom stereocenters. The van der Waals surface area contributed by atoms with Crippen LogP contribution in [0.3, 0.4) is 0 Å². The molecule has 4 nitrogen and oxygen atoms in total. The fourth-order valence-electron chi connectivity index (χ4n) is 2.46. The van der Waals surface area contributed by atoms with E-state index >= 15 is 0 Å². The third-order valence-corrected chi connectivity index (χ3v) is 3.35. The summed E-state index contributed by atoms with van der Waals surface area (Å²) >= 11 is 0. The van der Waals surface area contributed by atoms with Gasteiger partial charge in [-0.15, -0.1) is 0 Å². The van der Waals surface area contributed by atoms with Crippen molar-refractivity contribution in [2.45, 2.75) is 37.5 Å². The molecule has 3 atom stereocenters. The minimum absolute atomic E-state index is 0.536. The second-order valence-corrected chi connectivity index (χ2v) is 4.42. The Kier molecular flexibility index (Phi) is 3.38. The van der Waals surface area contributed by atoms with E-state index in [-0.39, 0.29) is 0 Å². The van der Waals surface area contributed by atoms with Crippen molar-refractivity contribution in [1.82, 2.24) is 10.2 Å². The van der Waals surface area contributed by atoms with E-state index in [0.717, 1.165) is 19.5 Å². The third kappa shape index (κ3) is 2.25. The fraction of sp³-hybridized carbons (Fsp3) is 1.00. The summed E-state index contributed by atoms with van der Waals surface area (Å²) in [5.41, 5.74) is 0. The summed E-state index contributed by atoms with van der Waals surface area (Å²) in [5, 5.41) is 22.3.